The lowest BCUT2D eigenvalue weighted by Crippen LogP contribution is -1.87. The van der Waals surface area contributed by atoms with Crippen LogP contribution in [0.1, 0.15) is 0 Å². The molecule has 96 valence electrons. The van der Waals surface area contributed by atoms with Crippen molar-refractivity contribution in [3.8, 4) is 11.4 Å². The molecular weight excluding hydrogens is 316 g/mol. The van der Waals surface area contributed by atoms with Crippen LogP contribution in [0.2, 0.25) is 0 Å². The molecule has 3 N–H and O–H groups in total. The fourth-order valence-electron chi connectivity index (χ4n) is 1.82. The van der Waals surface area contributed by atoms with Crippen LogP contribution in [0.3, 0.4) is 0 Å². The molecule has 0 unspecified atom stereocenters. The Bertz CT molecular complexity index is 744. The summed E-state index contributed by atoms with van der Waals surface area (Å²) < 4.78 is 27.0. The Morgan fingerprint density at radius 1 is 1.11 bits per heavy atom. The molecule has 2 aromatic carbocycles. The molecule has 0 bridgehead atoms. The van der Waals surface area contributed by atoms with Gasteiger partial charge in [-0.1, -0.05) is 0 Å². The Morgan fingerprint density at radius 2 is 1.84 bits per heavy atom. The molecule has 0 saturated carbocycles. The third-order valence-corrected chi connectivity index (χ3v) is 3.48. The minimum Gasteiger partial charge on any atom is -0.398 e. The van der Waals surface area contributed by atoms with Gasteiger partial charge < -0.3 is 10.7 Å². The van der Waals surface area contributed by atoms with Gasteiger partial charge in [0, 0.05) is 27.9 Å². The van der Waals surface area contributed by atoms with E-state index in [1.54, 1.807) is 18.2 Å². The van der Waals surface area contributed by atoms with Crippen LogP contribution in [-0.4, -0.2) is 9.97 Å². The first-order valence-electron chi connectivity index (χ1n) is 5.45. The number of nitrogens with two attached hydrogens (primary N) is 1. The predicted octanol–water partition coefficient (Wildman–Crippen LogP) is 3.85. The number of halogens is 3. The van der Waals surface area contributed by atoms with Crippen LogP contribution < -0.4 is 5.73 Å². The van der Waals surface area contributed by atoms with E-state index in [2.05, 4.69) is 25.9 Å². The molecule has 0 aliphatic carbocycles. The molecule has 3 aromatic rings. The zero-order chi connectivity index (χ0) is 13.6. The van der Waals surface area contributed by atoms with Crippen molar-refractivity contribution in [1.82, 2.24) is 9.97 Å². The normalized spacial score (nSPS) is 11.1. The van der Waals surface area contributed by atoms with Crippen molar-refractivity contribution < 1.29 is 8.78 Å². The first-order valence-corrected chi connectivity index (χ1v) is 6.24. The Morgan fingerprint density at radius 3 is 2.58 bits per heavy atom. The van der Waals surface area contributed by atoms with Gasteiger partial charge in [0.25, 0.3) is 0 Å². The van der Waals surface area contributed by atoms with Gasteiger partial charge >= 0.3 is 0 Å². The molecule has 0 saturated heterocycles. The third kappa shape index (κ3) is 2.08. The molecule has 0 amide bonds. The van der Waals surface area contributed by atoms with Crippen LogP contribution in [0.4, 0.5) is 14.5 Å². The van der Waals surface area contributed by atoms with E-state index in [0.29, 0.717) is 22.5 Å². The van der Waals surface area contributed by atoms with Gasteiger partial charge in [-0.25, -0.2) is 13.8 Å². The molecule has 0 aliphatic rings. The van der Waals surface area contributed by atoms with Gasteiger partial charge in [0.15, 0.2) is 11.6 Å². The predicted molar refractivity (Wildman–Crippen MR) is 73.6 cm³/mol. The second-order valence-corrected chi connectivity index (χ2v) is 4.96. The van der Waals surface area contributed by atoms with E-state index in [1.165, 1.54) is 0 Å². The maximum Gasteiger partial charge on any atom is 0.161 e. The van der Waals surface area contributed by atoms with Crippen molar-refractivity contribution in [2.75, 3.05) is 5.73 Å². The fourth-order valence-corrected chi connectivity index (χ4v) is 2.19. The summed E-state index contributed by atoms with van der Waals surface area (Å²) in [5, 5.41) is 0. The lowest BCUT2D eigenvalue weighted by molar-refractivity contribution is 0.510. The summed E-state index contributed by atoms with van der Waals surface area (Å²) in [4.78, 5) is 7.18. The molecule has 3 nitrogen and oxygen atoms in total. The highest BCUT2D eigenvalue weighted by atomic mass is 79.9. The first kappa shape index (κ1) is 12.1. The van der Waals surface area contributed by atoms with Crippen molar-refractivity contribution >= 4 is 32.7 Å². The lowest BCUT2D eigenvalue weighted by Gasteiger charge is -2.00. The molecule has 0 atom stereocenters. The largest absolute Gasteiger partial charge is 0.398 e. The summed E-state index contributed by atoms with van der Waals surface area (Å²) >= 11 is 3.32. The minimum absolute atomic E-state index is 0.377. The van der Waals surface area contributed by atoms with E-state index in [9.17, 15) is 8.78 Å². The number of fused-ring (bicyclic) bond motifs is 1. The maximum absolute atomic E-state index is 13.1. The van der Waals surface area contributed by atoms with E-state index in [4.69, 9.17) is 5.73 Å². The second kappa shape index (κ2) is 4.31. The summed E-state index contributed by atoms with van der Waals surface area (Å²) in [5.74, 6) is -1.29. The summed E-state index contributed by atoms with van der Waals surface area (Å²) in [6.45, 7) is 0. The molecule has 6 heteroatoms. The van der Waals surface area contributed by atoms with Gasteiger partial charge in [-0.15, -0.1) is 0 Å². The summed E-state index contributed by atoms with van der Waals surface area (Å²) in [6, 6.07) is 7.46. The molecule has 3 rings (SSSR count). The number of nitrogens with one attached hydrogen (secondary N) is 1. The van der Waals surface area contributed by atoms with E-state index < -0.39 is 11.6 Å². The molecule has 0 radical (unpaired) electrons. The van der Waals surface area contributed by atoms with Crippen LogP contribution >= 0.6 is 15.9 Å². The molecule has 0 aliphatic heterocycles. The van der Waals surface area contributed by atoms with Crippen molar-refractivity contribution in [3.63, 3.8) is 0 Å². The van der Waals surface area contributed by atoms with Crippen molar-refractivity contribution in [1.29, 1.82) is 0 Å². The summed E-state index contributed by atoms with van der Waals surface area (Å²) in [7, 11) is 0. The average molecular weight is 324 g/mol. The minimum atomic E-state index is -0.913. The number of aromatic amines is 1. The monoisotopic (exact) mass is 323 g/mol. The van der Waals surface area contributed by atoms with E-state index in [-0.39, 0.29) is 0 Å². The van der Waals surface area contributed by atoms with E-state index in [0.717, 1.165) is 22.2 Å². The Balaban J connectivity index is 2.17. The van der Waals surface area contributed by atoms with Crippen LogP contribution in [0.25, 0.3) is 22.4 Å². The van der Waals surface area contributed by atoms with Crippen LogP contribution in [0.5, 0.6) is 0 Å². The number of hydrogen-bond donors (Lipinski definition) is 2. The first-order chi connectivity index (χ1) is 9.04. The van der Waals surface area contributed by atoms with Gasteiger partial charge in [0.1, 0.15) is 5.82 Å². The van der Waals surface area contributed by atoms with Gasteiger partial charge in [-0.05, 0) is 34.1 Å². The number of nitrogen functional groups attached to an aromatic ring is 1. The van der Waals surface area contributed by atoms with Crippen molar-refractivity contribution in [3.05, 3.63) is 46.4 Å². The number of rotatable bonds is 1. The Hall–Kier alpha value is -1.95. The number of imidazole rings is 1. The summed E-state index contributed by atoms with van der Waals surface area (Å²) in [6.07, 6.45) is 0. The highest BCUT2D eigenvalue weighted by Gasteiger charge is 2.10. The quantitative estimate of drug-likeness (QED) is 0.668. The van der Waals surface area contributed by atoms with Gasteiger partial charge in [-0.2, -0.15) is 0 Å². The summed E-state index contributed by atoms with van der Waals surface area (Å²) in [5.41, 5.74) is 7.91. The molecule has 0 fully saturated rings. The van der Waals surface area contributed by atoms with E-state index in [1.807, 2.05) is 0 Å². The van der Waals surface area contributed by atoms with Crippen molar-refractivity contribution in [2.24, 2.45) is 0 Å². The number of hydrogen-bond acceptors (Lipinski definition) is 2. The smallest absolute Gasteiger partial charge is 0.161 e. The molecule has 0 spiro atoms. The average Bonchev–Trinajstić information content (AvgIpc) is 2.76. The number of nitrogens with zero attached hydrogens (tertiary/aromatic N) is 1. The third-order valence-electron chi connectivity index (χ3n) is 2.80. The van der Waals surface area contributed by atoms with Gasteiger partial charge in [0.2, 0.25) is 0 Å². The van der Waals surface area contributed by atoms with Crippen LogP contribution in [0, 0.1) is 11.6 Å². The van der Waals surface area contributed by atoms with Crippen molar-refractivity contribution in [2.45, 2.75) is 0 Å². The fraction of sp³-hybridized carbons (Fsp3) is 0. The van der Waals surface area contributed by atoms with Crippen LogP contribution in [-0.2, 0) is 0 Å². The highest BCUT2D eigenvalue weighted by Crippen LogP contribution is 2.27. The number of aromatic nitrogens is 2. The van der Waals surface area contributed by atoms with E-state index >= 15 is 0 Å². The zero-order valence-corrected chi connectivity index (χ0v) is 11.1. The Kier molecular flexibility index (Phi) is 2.74. The molecule has 1 heterocycles. The zero-order valence-electron chi connectivity index (χ0n) is 9.55. The SMILES string of the molecule is Nc1ccc(-c2nc3cc(F)c(F)cc3[nH]2)cc1Br. The Labute approximate surface area is 115 Å². The number of benzene rings is 2. The molecule has 19 heavy (non-hydrogen) atoms. The highest BCUT2D eigenvalue weighted by molar-refractivity contribution is 9.10. The molecule has 1 aromatic heterocycles. The topological polar surface area (TPSA) is 54.7 Å². The second-order valence-electron chi connectivity index (χ2n) is 4.11. The van der Waals surface area contributed by atoms with Gasteiger partial charge in [0.05, 0.1) is 11.0 Å². The number of anilines is 1. The lowest BCUT2D eigenvalue weighted by atomic mass is 10.2. The number of H-pyrrole nitrogens is 1. The molecular formula is C13H8BrF2N3. The van der Waals surface area contributed by atoms with Crippen LogP contribution in [0.15, 0.2) is 34.8 Å². The maximum atomic E-state index is 13.1. The van der Waals surface area contributed by atoms with Gasteiger partial charge in [-0.3, -0.25) is 0 Å². The standard InChI is InChI=1S/C13H8BrF2N3/c14-7-3-6(1-2-10(7)17)13-18-11-4-8(15)9(16)5-12(11)19-13/h1-5H,17H2,(H,18,19).